The fourth-order valence-electron chi connectivity index (χ4n) is 6.98. The molecule has 0 saturated carbocycles. The molecule has 0 radical (unpaired) electrons. The highest BCUT2D eigenvalue weighted by Gasteiger charge is 2.35. The summed E-state index contributed by atoms with van der Waals surface area (Å²) in [4.78, 5) is 109. The Labute approximate surface area is 372 Å². The van der Waals surface area contributed by atoms with E-state index in [1.54, 1.807) is 91.1 Å². The van der Waals surface area contributed by atoms with E-state index in [1.165, 1.54) is 24.3 Å². The standard InChI is InChI=1S/C46H50N8O11/c47-32(19-26-9-3-1-4-10-26)41(59)50-36(23-39(48)56)44(62)51-34(20-27-11-5-2-6-12-27)42(60)53-37(24-40(57)58)45(63)52-35(22-29-25-49-33-14-8-7-13-31(29)33)43(61)54-38(46(64)65)21-28-15-17-30(55)18-16-28/h1-18,25,32,34-38,49,55H,19-24,47H2,(H2,48,56)(H,50,59)(H,51,62)(H,52,63)(H,53,60)(H,54,61)(H,57,58)(H,64,65)/t32-,34-,35-,36-,37-,38-/m0/s1. The van der Waals surface area contributed by atoms with Crippen LogP contribution in [0.2, 0.25) is 0 Å². The van der Waals surface area contributed by atoms with Gasteiger partial charge in [-0.05, 0) is 46.9 Å². The summed E-state index contributed by atoms with van der Waals surface area (Å²) in [5.41, 5.74) is 14.5. The number of para-hydroxylation sites is 1. The van der Waals surface area contributed by atoms with Gasteiger partial charge in [0.2, 0.25) is 35.4 Å². The van der Waals surface area contributed by atoms with Gasteiger partial charge in [0.25, 0.3) is 0 Å². The summed E-state index contributed by atoms with van der Waals surface area (Å²) >= 11 is 0. The van der Waals surface area contributed by atoms with Crippen LogP contribution in [0.25, 0.3) is 10.9 Å². The molecule has 5 aromatic rings. The third-order valence-electron chi connectivity index (χ3n) is 10.3. The van der Waals surface area contributed by atoms with Gasteiger partial charge in [0.15, 0.2) is 0 Å². The van der Waals surface area contributed by atoms with Gasteiger partial charge in [0.1, 0.15) is 36.0 Å². The van der Waals surface area contributed by atoms with Crippen molar-refractivity contribution in [3.63, 3.8) is 0 Å². The zero-order valence-electron chi connectivity index (χ0n) is 34.9. The van der Waals surface area contributed by atoms with E-state index in [-0.39, 0.29) is 31.4 Å². The van der Waals surface area contributed by atoms with Gasteiger partial charge in [-0.1, -0.05) is 91.0 Å². The Balaban J connectivity index is 1.38. The van der Waals surface area contributed by atoms with Gasteiger partial charge >= 0.3 is 11.9 Å². The van der Waals surface area contributed by atoms with Crippen molar-refractivity contribution in [2.45, 2.75) is 74.8 Å². The van der Waals surface area contributed by atoms with Crippen LogP contribution in [-0.2, 0) is 64.0 Å². The summed E-state index contributed by atoms with van der Waals surface area (Å²) < 4.78 is 0. The number of hydrogen-bond acceptors (Lipinski definition) is 10. The fraction of sp³-hybridized carbons (Fsp3) is 0.261. The van der Waals surface area contributed by atoms with E-state index < -0.39 is 96.5 Å². The van der Waals surface area contributed by atoms with Gasteiger partial charge in [0.05, 0.1) is 18.9 Å². The molecule has 4 aromatic carbocycles. The minimum absolute atomic E-state index is 0.0564. The van der Waals surface area contributed by atoms with Gasteiger partial charge in [-0.25, -0.2) is 4.79 Å². The number of aliphatic carboxylic acids is 2. The van der Waals surface area contributed by atoms with Crippen LogP contribution in [0.3, 0.4) is 0 Å². The minimum atomic E-state index is -1.86. The molecule has 0 spiro atoms. The zero-order chi connectivity index (χ0) is 47.0. The van der Waals surface area contributed by atoms with Gasteiger partial charge in [-0.15, -0.1) is 0 Å². The molecule has 0 aliphatic rings. The van der Waals surface area contributed by atoms with Crippen LogP contribution in [0.15, 0.2) is 115 Å². The predicted octanol–water partition coefficient (Wildman–Crippen LogP) is 0.330. The Morgan fingerprint density at radius 1 is 0.508 bits per heavy atom. The van der Waals surface area contributed by atoms with Crippen molar-refractivity contribution in [2.75, 3.05) is 0 Å². The van der Waals surface area contributed by atoms with E-state index in [4.69, 9.17) is 11.5 Å². The molecule has 19 nitrogen and oxygen atoms in total. The maximum Gasteiger partial charge on any atom is 0.326 e. The largest absolute Gasteiger partial charge is 0.508 e. The van der Waals surface area contributed by atoms with E-state index >= 15 is 0 Å². The number of H-pyrrole nitrogens is 1. The molecule has 13 N–H and O–H groups in total. The molecular weight excluding hydrogens is 841 g/mol. The van der Waals surface area contributed by atoms with Gasteiger partial charge < -0.3 is 58.4 Å². The van der Waals surface area contributed by atoms with Crippen molar-refractivity contribution in [3.05, 3.63) is 138 Å². The number of nitrogens with two attached hydrogens (primary N) is 2. The normalized spacial score (nSPS) is 13.7. The van der Waals surface area contributed by atoms with E-state index in [1.807, 2.05) is 0 Å². The number of aromatic hydroxyl groups is 1. The van der Waals surface area contributed by atoms with Crippen LogP contribution in [0.1, 0.15) is 35.1 Å². The number of carbonyl (C=O) groups is 8. The van der Waals surface area contributed by atoms with Gasteiger partial charge in [-0.3, -0.25) is 33.6 Å². The first-order valence-electron chi connectivity index (χ1n) is 20.5. The number of rotatable bonds is 23. The molecule has 0 aliphatic carbocycles. The van der Waals surface area contributed by atoms with E-state index in [9.17, 15) is 53.7 Å². The Kier molecular flexibility index (Phi) is 16.9. The van der Waals surface area contributed by atoms with E-state index in [0.717, 1.165) is 5.56 Å². The average molecular weight is 891 g/mol. The predicted molar refractivity (Wildman–Crippen MR) is 235 cm³/mol. The summed E-state index contributed by atoms with van der Waals surface area (Å²) in [7, 11) is 0. The van der Waals surface area contributed by atoms with Crippen LogP contribution >= 0.6 is 0 Å². The monoisotopic (exact) mass is 890 g/mol. The first-order valence-corrected chi connectivity index (χ1v) is 20.5. The first-order chi connectivity index (χ1) is 31.1. The maximum absolute atomic E-state index is 14.1. The lowest BCUT2D eigenvalue weighted by atomic mass is 10.0. The third-order valence-corrected chi connectivity index (χ3v) is 10.3. The second-order valence-corrected chi connectivity index (χ2v) is 15.3. The summed E-state index contributed by atoms with van der Waals surface area (Å²) in [5.74, 6) is -8.90. The molecule has 6 amide bonds. The topological polar surface area (TPSA) is 325 Å². The number of benzene rings is 4. The van der Waals surface area contributed by atoms with Crippen molar-refractivity contribution in [1.82, 2.24) is 31.6 Å². The highest BCUT2D eigenvalue weighted by atomic mass is 16.4. The number of aromatic amines is 1. The van der Waals surface area contributed by atoms with Crippen molar-refractivity contribution in [1.29, 1.82) is 0 Å². The molecular formula is C46H50N8O11. The number of hydrogen-bond donors (Lipinski definition) is 11. The van der Waals surface area contributed by atoms with Crippen LogP contribution in [0.4, 0.5) is 0 Å². The number of carbonyl (C=O) groups excluding carboxylic acids is 6. The van der Waals surface area contributed by atoms with Crippen LogP contribution in [0, 0.1) is 0 Å². The molecule has 19 heteroatoms. The maximum atomic E-state index is 14.1. The lowest BCUT2D eigenvalue weighted by Gasteiger charge is -2.27. The summed E-state index contributed by atoms with van der Waals surface area (Å²) in [6.07, 6.45) is -0.621. The second-order valence-electron chi connectivity index (χ2n) is 15.3. The molecule has 6 atom stereocenters. The van der Waals surface area contributed by atoms with Crippen molar-refractivity contribution < 1.29 is 53.7 Å². The molecule has 0 bridgehead atoms. The molecule has 0 saturated heterocycles. The van der Waals surface area contributed by atoms with E-state index in [0.29, 0.717) is 27.6 Å². The van der Waals surface area contributed by atoms with E-state index in [2.05, 4.69) is 31.6 Å². The number of nitrogens with one attached hydrogen (secondary N) is 6. The second kappa shape index (κ2) is 22.9. The van der Waals surface area contributed by atoms with Crippen molar-refractivity contribution in [3.8, 4) is 5.75 Å². The molecule has 1 aromatic heterocycles. The average Bonchev–Trinajstić information content (AvgIpc) is 3.68. The van der Waals surface area contributed by atoms with Crippen molar-refractivity contribution >= 4 is 58.3 Å². The number of primary amides is 1. The fourth-order valence-corrected chi connectivity index (χ4v) is 6.98. The van der Waals surface area contributed by atoms with Crippen LogP contribution in [0.5, 0.6) is 5.75 Å². The van der Waals surface area contributed by atoms with Gasteiger partial charge in [-0.2, -0.15) is 0 Å². The number of aromatic nitrogens is 1. The highest BCUT2D eigenvalue weighted by molar-refractivity contribution is 5.99. The molecule has 0 unspecified atom stereocenters. The Bertz CT molecular complexity index is 2480. The quantitative estimate of drug-likeness (QED) is 0.0423. The molecule has 65 heavy (non-hydrogen) atoms. The van der Waals surface area contributed by atoms with Crippen molar-refractivity contribution in [2.24, 2.45) is 11.5 Å². The van der Waals surface area contributed by atoms with Gasteiger partial charge in [0, 0.05) is 36.4 Å². The zero-order valence-corrected chi connectivity index (χ0v) is 34.9. The van der Waals surface area contributed by atoms with Crippen LogP contribution < -0.4 is 38.1 Å². The highest BCUT2D eigenvalue weighted by Crippen LogP contribution is 2.20. The summed E-state index contributed by atoms with van der Waals surface area (Å²) in [6.45, 7) is 0. The molecule has 1 heterocycles. The smallest absolute Gasteiger partial charge is 0.326 e. The Morgan fingerprint density at radius 2 is 0.954 bits per heavy atom. The third kappa shape index (κ3) is 14.5. The molecule has 0 fully saturated rings. The Hall–Kier alpha value is -8.06. The summed E-state index contributed by atoms with van der Waals surface area (Å²) in [6, 6.07) is 20.6. The first kappa shape index (κ1) is 48.0. The SMILES string of the molecule is NC(=O)C[C@H](NC(=O)[C@@H](N)Cc1ccccc1)C(=O)N[C@@H](Cc1ccccc1)C(=O)N[C@@H](CC(=O)O)C(=O)N[C@@H](Cc1c[nH]c2ccccc12)C(=O)N[C@@H](Cc1ccc(O)cc1)C(=O)O. The summed E-state index contributed by atoms with van der Waals surface area (Å²) in [5, 5.41) is 42.5. The Morgan fingerprint density at radius 3 is 1.52 bits per heavy atom. The molecule has 5 rings (SSSR count). The minimum Gasteiger partial charge on any atom is -0.508 e. The lowest BCUT2D eigenvalue weighted by molar-refractivity contribution is -0.143. The number of phenolic OH excluding ortho intramolecular Hbond substituents is 1. The number of carboxylic acids is 2. The van der Waals surface area contributed by atoms with Crippen LogP contribution in [-0.4, -0.2) is 104 Å². The number of phenols is 1. The molecule has 340 valence electrons. The number of amides is 6. The number of carboxylic acid groups (broad SMARTS) is 2. The number of fused-ring (bicyclic) bond motifs is 1. The lowest BCUT2D eigenvalue weighted by Crippen LogP contribution is -2.60. The molecule has 0 aliphatic heterocycles.